The fourth-order valence-electron chi connectivity index (χ4n) is 0.315. The highest BCUT2D eigenvalue weighted by Gasteiger charge is 2.09. The maximum absolute atomic E-state index is 8.63. The SMILES string of the molecule is CPCC(O)C(O)O. The van der Waals surface area contributed by atoms with E-state index in [-0.39, 0.29) is 0 Å². The molecule has 50 valence electrons. The molecular formula is C4H11O3P. The number of aliphatic hydroxyl groups is 3. The van der Waals surface area contributed by atoms with Crippen molar-refractivity contribution in [2.24, 2.45) is 0 Å². The summed E-state index contributed by atoms with van der Waals surface area (Å²) >= 11 is 0. The Labute approximate surface area is 50.1 Å². The van der Waals surface area contributed by atoms with Gasteiger partial charge in [0.2, 0.25) is 0 Å². The predicted octanol–water partition coefficient (Wildman–Crippen LogP) is -1.03. The van der Waals surface area contributed by atoms with Crippen LogP contribution in [0.4, 0.5) is 0 Å². The lowest BCUT2D eigenvalue weighted by Crippen LogP contribution is -2.26. The molecule has 3 N–H and O–H groups in total. The van der Waals surface area contributed by atoms with E-state index in [0.29, 0.717) is 14.7 Å². The Bertz CT molecular complexity index is 57.2. The first-order valence-electron chi connectivity index (χ1n) is 2.37. The molecule has 2 unspecified atom stereocenters. The van der Waals surface area contributed by atoms with E-state index in [1.165, 1.54) is 0 Å². The topological polar surface area (TPSA) is 60.7 Å². The Morgan fingerprint density at radius 3 is 2.00 bits per heavy atom. The molecular weight excluding hydrogens is 127 g/mol. The molecule has 0 amide bonds. The van der Waals surface area contributed by atoms with Crippen LogP contribution in [0.3, 0.4) is 0 Å². The van der Waals surface area contributed by atoms with Crippen molar-refractivity contribution in [3.63, 3.8) is 0 Å². The smallest absolute Gasteiger partial charge is 0.178 e. The monoisotopic (exact) mass is 138 g/mol. The first-order valence-corrected chi connectivity index (χ1v) is 4.08. The lowest BCUT2D eigenvalue weighted by Gasteiger charge is -2.09. The van der Waals surface area contributed by atoms with Gasteiger partial charge >= 0.3 is 0 Å². The normalized spacial score (nSPS) is 16.1. The summed E-state index contributed by atoms with van der Waals surface area (Å²) in [5.74, 6) is 0. The molecule has 0 aliphatic heterocycles. The van der Waals surface area contributed by atoms with E-state index in [1.54, 1.807) is 0 Å². The Morgan fingerprint density at radius 2 is 1.88 bits per heavy atom. The molecule has 0 aromatic carbocycles. The van der Waals surface area contributed by atoms with Gasteiger partial charge in [-0.3, -0.25) is 0 Å². The molecule has 0 saturated carbocycles. The van der Waals surface area contributed by atoms with Gasteiger partial charge in [0.1, 0.15) is 6.10 Å². The van der Waals surface area contributed by atoms with Crippen molar-refractivity contribution in [3.8, 4) is 0 Å². The van der Waals surface area contributed by atoms with Gasteiger partial charge in [-0.2, -0.15) is 0 Å². The fourth-order valence-corrected chi connectivity index (χ4v) is 0.944. The summed E-state index contributed by atoms with van der Waals surface area (Å²) in [6, 6.07) is 0. The summed E-state index contributed by atoms with van der Waals surface area (Å²) in [6.07, 6.45) is -2.06. The second-order valence-electron chi connectivity index (χ2n) is 1.54. The third-order valence-electron chi connectivity index (χ3n) is 0.757. The van der Waals surface area contributed by atoms with Gasteiger partial charge in [0, 0.05) is 0 Å². The van der Waals surface area contributed by atoms with Crippen molar-refractivity contribution < 1.29 is 15.3 Å². The summed E-state index contributed by atoms with van der Waals surface area (Å²) in [5, 5.41) is 25.2. The van der Waals surface area contributed by atoms with Crippen LogP contribution in [-0.4, -0.2) is 40.5 Å². The van der Waals surface area contributed by atoms with Crippen LogP contribution in [0.1, 0.15) is 0 Å². The molecule has 0 rings (SSSR count). The van der Waals surface area contributed by atoms with Crippen molar-refractivity contribution in [2.75, 3.05) is 12.8 Å². The van der Waals surface area contributed by atoms with Gasteiger partial charge in [0.05, 0.1) is 0 Å². The van der Waals surface area contributed by atoms with E-state index in [0.717, 1.165) is 0 Å². The van der Waals surface area contributed by atoms with Crippen LogP contribution < -0.4 is 0 Å². The molecule has 0 spiro atoms. The van der Waals surface area contributed by atoms with Crippen molar-refractivity contribution in [1.29, 1.82) is 0 Å². The number of hydrogen-bond acceptors (Lipinski definition) is 3. The third kappa shape index (κ3) is 3.33. The van der Waals surface area contributed by atoms with Gasteiger partial charge in [-0.05, 0) is 12.8 Å². The Morgan fingerprint density at radius 1 is 1.38 bits per heavy atom. The van der Waals surface area contributed by atoms with E-state index < -0.39 is 12.4 Å². The zero-order chi connectivity index (χ0) is 6.57. The minimum atomic E-state index is -1.57. The van der Waals surface area contributed by atoms with E-state index in [1.807, 2.05) is 6.66 Å². The molecule has 4 heteroatoms. The minimum Gasteiger partial charge on any atom is -0.387 e. The summed E-state index contributed by atoms with van der Waals surface area (Å²) in [4.78, 5) is 0. The number of rotatable bonds is 3. The van der Waals surface area contributed by atoms with Crippen LogP contribution in [-0.2, 0) is 0 Å². The quantitative estimate of drug-likeness (QED) is 0.345. The van der Waals surface area contributed by atoms with Crippen LogP contribution in [0.5, 0.6) is 0 Å². The molecule has 0 saturated heterocycles. The van der Waals surface area contributed by atoms with Crippen LogP contribution >= 0.6 is 8.58 Å². The van der Waals surface area contributed by atoms with Crippen molar-refractivity contribution in [2.45, 2.75) is 12.4 Å². The van der Waals surface area contributed by atoms with Gasteiger partial charge in [-0.15, -0.1) is 8.58 Å². The van der Waals surface area contributed by atoms with Gasteiger partial charge < -0.3 is 15.3 Å². The van der Waals surface area contributed by atoms with Crippen LogP contribution in [0.2, 0.25) is 0 Å². The second-order valence-corrected chi connectivity index (χ2v) is 2.65. The molecule has 0 fully saturated rings. The minimum absolute atomic E-state index is 0.470. The highest BCUT2D eigenvalue weighted by molar-refractivity contribution is 7.37. The van der Waals surface area contributed by atoms with Gasteiger partial charge in [-0.25, -0.2) is 0 Å². The largest absolute Gasteiger partial charge is 0.387 e. The molecule has 3 nitrogen and oxygen atoms in total. The van der Waals surface area contributed by atoms with Crippen LogP contribution in [0.15, 0.2) is 0 Å². The van der Waals surface area contributed by atoms with Crippen LogP contribution in [0, 0.1) is 0 Å². The number of aliphatic hydroxyl groups excluding tert-OH is 2. The summed E-state index contributed by atoms with van der Waals surface area (Å²) in [5.41, 5.74) is 0. The molecule has 0 aliphatic rings. The van der Waals surface area contributed by atoms with Crippen molar-refractivity contribution in [3.05, 3.63) is 0 Å². The first kappa shape index (κ1) is 8.31. The predicted molar refractivity (Wildman–Crippen MR) is 33.3 cm³/mol. The fraction of sp³-hybridized carbons (Fsp3) is 1.00. The molecule has 0 heterocycles. The Hall–Kier alpha value is 0.310. The molecule has 0 aliphatic carbocycles. The van der Waals surface area contributed by atoms with E-state index in [9.17, 15) is 0 Å². The maximum atomic E-state index is 8.63. The summed E-state index contributed by atoms with van der Waals surface area (Å²) < 4.78 is 0. The zero-order valence-electron chi connectivity index (χ0n) is 4.70. The number of hydrogen-bond donors (Lipinski definition) is 3. The third-order valence-corrected chi connectivity index (χ3v) is 1.58. The van der Waals surface area contributed by atoms with E-state index in [2.05, 4.69) is 0 Å². The molecule has 0 aromatic heterocycles. The van der Waals surface area contributed by atoms with Gasteiger partial charge in [0.15, 0.2) is 6.29 Å². The van der Waals surface area contributed by atoms with Crippen molar-refractivity contribution in [1.82, 2.24) is 0 Å². The molecule has 8 heavy (non-hydrogen) atoms. The lowest BCUT2D eigenvalue weighted by atomic mass is 10.4. The summed E-state index contributed by atoms with van der Waals surface area (Å²) in [6.45, 7) is 1.89. The average Bonchev–Trinajstić information content (AvgIpc) is 1.67. The van der Waals surface area contributed by atoms with E-state index in [4.69, 9.17) is 15.3 Å². The molecule has 2 atom stereocenters. The lowest BCUT2D eigenvalue weighted by molar-refractivity contribution is -0.112. The highest BCUT2D eigenvalue weighted by atomic mass is 31.1. The molecule has 0 aromatic rings. The maximum Gasteiger partial charge on any atom is 0.178 e. The highest BCUT2D eigenvalue weighted by Crippen LogP contribution is 2.05. The first-order chi connectivity index (χ1) is 3.68. The van der Waals surface area contributed by atoms with Gasteiger partial charge in [0.25, 0.3) is 0 Å². The van der Waals surface area contributed by atoms with E-state index >= 15 is 0 Å². The van der Waals surface area contributed by atoms with Crippen molar-refractivity contribution >= 4 is 8.58 Å². The van der Waals surface area contributed by atoms with Gasteiger partial charge in [-0.1, -0.05) is 0 Å². The zero-order valence-corrected chi connectivity index (χ0v) is 5.70. The van der Waals surface area contributed by atoms with Crippen LogP contribution in [0.25, 0.3) is 0 Å². The molecule has 0 bridgehead atoms. The Kier molecular flexibility index (Phi) is 4.38. The second kappa shape index (κ2) is 4.21. The average molecular weight is 138 g/mol. The Balaban J connectivity index is 3.17. The molecule has 0 radical (unpaired) electrons. The summed E-state index contributed by atoms with van der Waals surface area (Å²) in [7, 11) is 0.561. The standard InChI is InChI=1S/C4H11O3P/c1-8-2-3(5)4(6)7/h3-8H,2H2,1H3.